The molecule has 0 spiro atoms. The number of rotatable bonds is 12. The minimum absolute atomic E-state index is 0.0507. The van der Waals surface area contributed by atoms with Gasteiger partial charge < -0.3 is 0 Å². The van der Waals surface area contributed by atoms with Gasteiger partial charge in [0.15, 0.2) is 0 Å². The summed E-state index contributed by atoms with van der Waals surface area (Å²) in [5.41, 5.74) is 0. The van der Waals surface area contributed by atoms with Crippen LogP contribution >= 0.6 is 0 Å². The Morgan fingerprint density at radius 2 is 1.36 bits per heavy atom. The number of carbonyl (C=O) groups excluding carboxylic acids is 2. The van der Waals surface area contributed by atoms with Gasteiger partial charge in [-0.25, -0.2) is 0 Å². The molecule has 0 amide bonds. The Bertz CT molecular complexity index is 691. The minimum atomic E-state index is -1.05. The molecule has 0 unspecified atom stereocenters. The summed E-state index contributed by atoms with van der Waals surface area (Å²) in [7, 11) is 0. The topological polar surface area (TPSA) is 43.4 Å². The Morgan fingerprint density at radius 1 is 0.821 bits per heavy atom. The molecule has 0 aliphatic carbocycles. The van der Waals surface area contributed by atoms with E-state index in [2.05, 4.69) is 6.92 Å². The SMILES string of the molecule is CCCCCCC(=O)C([Se]c1ccccc1)([Se]c1ccccc1)C(=O)OCC. The number of benzene rings is 2. The Labute approximate surface area is 181 Å². The first-order valence-electron chi connectivity index (χ1n) is 9.81. The molecule has 0 saturated heterocycles. The van der Waals surface area contributed by atoms with Crippen LogP contribution in [0.2, 0.25) is 3.21 Å². The van der Waals surface area contributed by atoms with Gasteiger partial charge in [0.1, 0.15) is 0 Å². The zero-order valence-corrected chi connectivity index (χ0v) is 20.0. The zero-order chi connectivity index (χ0) is 20.2. The van der Waals surface area contributed by atoms with Gasteiger partial charge in [-0.05, 0) is 0 Å². The molecule has 2 aromatic carbocycles. The van der Waals surface area contributed by atoms with Crippen LogP contribution in [-0.4, -0.2) is 48.3 Å². The van der Waals surface area contributed by atoms with E-state index in [0.717, 1.165) is 34.6 Å². The Hall–Kier alpha value is -1.38. The molecule has 0 radical (unpaired) electrons. The van der Waals surface area contributed by atoms with Crippen LogP contribution in [0.3, 0.4) is 0 Å². The normalized spacial score (nSPS) is 11.2. The zero-order valence-electron chi connectivity index (χ0n) is 16.6. The van der Waals surface area contributed by atoms with Crippen LogP contribution in [-0.2, 0) is 14.3 Å². The summed E-state index contributed by atoms with van der Waals surface area (Å²) >= 11 is -0.642. The van der Waals surface area contributed by atoms with Crippen LogP contribution in [0, 0.1) is 0 Å². The van der Waals surface area contributed by atoms with E-state index in [1.54, 1.807) is 6.92 Å². The summed E-state index contributed by atoms with van der Waals surface area (Å²) in [6.07, 6.45) is 4.55. The predicted molar refractivity (Wildman–Crippen MR) is 117 cm³/mol. The van der Waals surface area contributed by atoms with Crippen LogP contribution in [0.25, 0.3) is 0 Å². The Kier molecular flexibility index (Phi) is 10.0. The number of ether oxygens (including phenoxy) is 1. The number of unbranched alkanes of at least 4 members (excludes halogenated alkanes) is 3. The van der Waals surface area contributed by atoms with Crippen molar-refractivity contribution in [2.24, 2.45) is 0 Å². The molecule has 0 fully saturated rings. The van der Waals surface area contributed by atoms with E-state index in [1.165, 1.54) is 0 Å². The van der Waals surface area contributed by atoms with Gasteiger partial charge in [-0.2, -0.15) is 0 Å². The number of esters is 1. The number of Topliss-reactive ketones (excluding diaryl/α,β-unsaturated/α-hetero) is 1. The second-order valence-corrected chi connectivity index (χ2v) is 13.1. The monoisotopic (exact) mass is 512 g/mol. The van der Waals surface area contributed by atoms with Crippen LogP contribution < -0.4 is 8.92 Å². The van der Waals surface area contributed by atoms with Gasteiger partial charge in [-0.1, -0.05) is 0 Å². The second kappa shape index (κ2) is 12.2. The molecule has 0 aromatic heterocycles. The fraction of sp³-hybridized carbons (Fsp3) is 0.391. The molecule has 5 heteroatoms. The molecule has 0 aliphatic rings. The van der Waals surface area contributed by atoms with Crippen LogP contribution in [0.5, 0.6) is 0 Å². The first-order valence-corrected chi connectivity index (χ1v) is 13.2. The van der Waals surface area contributed by atoms with Crippen LogP contribution in [0.15, 0.2) is 60.7 Å². The maximum atomic E-state index is 13.5. The summed E-state index contributed by atoms with van der Waals surface area (Å²) in [6.45, 7) is 4.25. The Morgan fingerprint density at radius 3 is 1.82 bits per heavy atom. The molecule has 28 heavy (non-hydrogen) atoms. The molecule has 150 valence electrons. The van der Waals surface area contributed by atoms with Crippen molar-refractivity contribution in [3.8, 4) is 0 Å². The molecule has 0 N–H and O–H groups in total. The first-order chi connectivity index (χ1) is 13.6. The molecule has 0 atom stereocenters. The molecular weight excluding hydrogens is 482 g/mol. The van der Waals surface area contributed by atoms with E-state index in [0.29, 0.717) is 13.0 Å². The van der Waals surface area contributed by atoms with E-state index < -0.39 is 3.21 Å². The molecule has 2 aromatic rings. The van der Waals surface area contributed by atoms with Gasteiger partial charge in [0.05, 0.1) is 0 Å². The first kappa shape index (κ1) is 22.9. The molecule has 0 saturated carbocycles. The van der Waals surface area contributed by atoms with Crippen molar-refractivity contribution in [3.05, 3.63) is 60.7 Å². The van der Waals surface area contributed by atoms with Crippen molar-refractivity contribution in [1.82, 2.24) is 0 Å². The maximum absolute atomic E-state index is 13.5. The van der Waals surface area contributed by atoms with Crippen molar-refractivity contribution < 1.29 is 14.3 Å². The third kappa shape index (κ3) is 6.60. The van der Waals surface area contributed by atoms with Crippen LogP contribution in [0.1, 0.15) is 46.0 Å². The van der Waals surface area contributed by atoms with Crippen molar-refractivity contribution in [3.63, 3.8) is 0 Å². The number of carbonyl (C=O) groups is 2. The van der Waals surface area contributed by atoms with Gasteiger partial charge in [0.25, 0.3) is 0 Å². The average Bonchev–Trinajstić information content (AvgIpc) is 2.72. The molecule has 0 bridgehead atoms. The van der Waals surface area contributed by atoms with E-state index in [-0.39, 0.29) is 41.7 Å². The third-order valence-electron chi connectivity index (χ3n) is 4.18. The molecule has 2 rings (SSSR count). The van der Waals surface area contributed by atoms with E-state index in [9.17, 15) is 9.59 Å². The summed E-state index contributed by atoms with van der Waals surface area (Å²) in [5, 5.41) is 0. The van der Waals surface area contributed by atoms with Crippen molar-refractivity contribution in [2.45, 2.75) is 49.2 Å². The van der Waals surface area contributed by atoms with Gasteiger partial charge >= 0.3 is 181 Å². The average molecular weight is 510 g/mol. The molecular formula is C23H28O3Se2. The van der Waals surface area contributed by atoms with E-state index in [4.69, 9.17) is 4.74 Å². The fourth-order valence-corrected chi connectivity index (χ4v) is 9.51. The second-order valence-electron chi connectivity index (χ2n) is 6.40. The molecule has 3 nitrogen and oxygen atoms in total. The summed E-state index contributed by atoms with van der Waals surface area (Å²) in [4.78, 5) is 26.7. The van der Waals surface area contributed by atoms with Gasteiger partial charge in [-0.15, -0.1) is 0 Å². The van der Waals surface area contributed by atoms with E-state index in [1.807, 2.05) is 60.7 Å². The number of ketones is 1. The summed E-state index contributed by atoms with van der Waals surface area (Å²) in [5.74, 6) is -0.294. The summed E-state index contributed by atoms with van der Waals surface area (Å²) in [6, 6.07) is 19.8. The number of hydrogen-bond donors (Lipinski definition) is 0. The summed E-state index contributed by atoms with van der Waals surface area (Å²) < 4.78 is 6.54. The van der Waals surface area contributed by atoms with Gasteiger partial charge in [0, 0.05) is 0 Å². The standard InChI is InChI=1S/C23H28O3Se2/c1-3-5-6-13-18-21(24)23(22(25)26-4-2,27-19-14-9-7-10-15-19)28-20-16-11-8-12-17-20/h7-12,14-17H,3-6,13,18H2,1-2H3. The van der Waals surface area contributed by atoms with Crippen molar-refractivity contribution in [1.29, 1.82) is 0 Å². The molecule has 0 heterocycles. The predicted octanol–water partition coefficient (Wildman–Crippen LogP) is 3.26. The van der Waals surface area contributed by atoms with Crippen LogP contribution in [0.4, 0.5) is 0 Å². The van der Waals surface area contributed by atoms with Gasteiger partial charge in [0.2, 0.25) is 0 Å². The quantitative estimate of drug-likeness (QED) is 0.191. The third-order valence-corrected chi connectivity index (χ3v) is 11.0. The van der Waals surface area contributed by atoms with E-state index >= 15 is 0 Å². The van der Waals surface area contributed by atoms with Crippen molar-refractivity contribution >= 4 is 50.6 Å². The molecule has 0 aliphatic heterocycles. The van der Waals surface area contributed by atoms with Crippen molar-refractivity contribution in [2.75, 3.05) is 6.61 Å². The fourth-order valence-electron chi connectivity index (χ4n) is 2.74. The van der Waals surface area contributed by atoms with Gasteiger partial charge in [-0.3, -0.25) is 0 Å². The Balaban J connectivity index is 2.37. The number of hydrogen-bond acceptors (Lipinski definition) is 3.